The molecule has 0 saturated carbocycles. The Morgan fingerprint density at radius 1 is 1.23 bits per heavy atom. The van der Waals surface area contributed by atoms with Crippen molar-refractivity contribution in [3.8, 4) is 5.75 Å². The molecule has 1 N–H and O–H groups in total. The molecule has 0 spiro atoms. The summed E-state index contributed by atoms with van der Waals surface area (Å²) in [5.41, 5.74) is 1.14. The SMILES string of the molecule is CCN1CCN(C(=O)NCCCOc2ccccc2C)CC1. The Labute approximate surface area is 133 Å². The lowest BCUT2D eigenvalue weighted by molar-refractivity contribution is 0.142. The number of hydrogen-bond donors (Lipinski definition) is 1. The second-order valence-electron chi connectivity index (χ2n) is 5.62. The zero-order valence-corrected chi connectivity index (χ0v) is 13.7. The van der Waals surface area contributed by atoms with Gasteiger partial charge in [-0.2, -0.15) is 0 Å². The number of benzene rings is 1. The molecule has 1 saturated heterocycles. The van der Waals surface area contributed by atoms with Crippen molar-refractivity contribution in [3.05, 3.63) is 29.8 Å². The van der Waals surface area contributed by atoms with E-state index in [0.717, 1.165) is 50.5 Å². The van der Waals surface area contributed by atoms with Gasteiger partial charge in [-0.15, -0.1) is 0 Å². The van der Waals surface area contributed by atoms with Crippen molar-refractivity contribution in [3.63, 3.8) is 0 Å². The molecule has 5 heteroatoms. The van der Waals surface area contributed by atoms with E-state index >= 15 is 0 Å². The van der Waals surface area contributed by atoms with Gasteiger partial charge in [-0.3, -0.25) is 0 Å². The summed E-state index contributed by atoms with van der Waals surface area (Å²) in [7, 11) is 0. The minimum absolute atomic E-state index is 0.0478. The number of likely N-dealkylation sites (N-methyl/N-ethyl adjacent to an activating group) is 1. The molecule has 2 amide bonds. The van der Waals surface area contributed by atoms with E-state index in [2.05, 4.69) is 17.1 Å². The lowest BCUT2D eigenvalue weighted by Crippen LogP contribution is -2.51. The molecule has 2 rings (SSSR count). The van der Waals surface area contributed by atoms with Gasteiger partial charge in [-0.25, -0.2) is 4.79 Å². The van der Waals surface area contributed by atoms with E-state index in [9.17, 15) is 4.79 Å². The highest BCUT2D eigenvalue weighted by Gasteiger charge is 2.19. The zero-order chi connectivity index (χ0) is 15.8. The fourth-order valence-electron chi connectivity index (χ4n) is 2.55. The molecule has 122 valence electrons. The molecular formula is C17H27N3O2. The maximum absolute atomic E-state index is 12.0. The van der Waals surface area contributed by atoms with Crippen molar-refractivity contribution in [2.45, 2.75) is 20.3 Å². The number of aryl methyl sites for hydroxylation is 1. The highest BCUT2D eigenvalue weighted by atomic mass is 16.5. The molecule has 5 nitrogen and oxygen atoms in total. The molecule has 0 atom stereocenters. The predicted molar refractivity (Wildman–Crippen MR) is 88.4 cm³/mol. The zero-order valence-electron chi connectivity index (χ0n) is 13.7. The van der Waals surface area contributed by atoms with Gasteiger partial charge in [-0.1, -0.05) is 25.1 Å². The first-order chi connectivity index (χ1) is 10.7. The van der Waals surface area contributed by atoms with Crippen LogP contribution in [0.2, 0.25) is 0 Å². The summed E-state index contributed by atoms with van der Waals surface area (Å²) in [4.78, 5) is 16.3. The Hall–Kier alpha value is -1.75. The molecule has 1 aliphatic rings. The fraction of sp³-hybridized carbons (Fsp3) is 0.588. The van der Waals surface area contributed by atoms with Crippen LogP contribution < -0.4 is 10.1 Å². The lowest BCUT2D eigenvalue weighted by atomic mass is 10.2. The molecule has 22 heavy (non-hydrogen) atoms. The summed E-state index contributed by atoms with van der Waals surface area (Å²) in [6.07, 6.45) is 0.814. The lowest BCUT2D eigenvalue weighted by Gasteiger charge is -2.34. The van der Waals surface area contributed by atoms with Gasteiger partial charge in [0, 0.05) is 32.7 Å². The number of nitrogens with one attached hydrogen (secondary N) is 1. The number of rotatable bonds is 6. The van der Waals surface area contributed by atoms with Crippen LogP contribution in [0.3, 0.4) is 0 Å². The third kappa shape index (κ3) is 4.91. The molecule has 1 aromatic rings. The molecular weight excluding hydrogens is 278 g/mol. The van der Waals surface area contributed by atoms with Crippen molar-refractivity contribution < 1.29 is 9.53 Å². The van der Waals surface area contributed by atoms with Crippen LogP contribution in [-0.2, 0) is 0 Å². The van der Waals surface area contributed by atoms with Crippen LogP contribution in [-0.4, -0.2) is 61.7 Å². The van der Waals surface area contributed by atoms with Crippen molar-refractivity contribution in [1.29, 1.82) is 0 Å². The fourth-order valence-corrected chi connectivity index (χ4v) is 2.55. The summed E-state index contributed by atoms with van der Waals surface area (Å²) in [5.74, 6) is 0.921. The van der Waals surface area contributed by atoms with Gasteiger partial charge in [0.2, 0.25) is 0 Å². The van der Waals surface area contributed by atoms with Gasteiger partial charge in [0.25, 0.3) is 0 Å². The van der Waals surface area contributed by atoms with Gasteiger partial charge in [-0.05, 0) is 31.5 Å². The Morgan fingerprint density at radius 3 is 2.64 bits per heavy atom. The topological polar surface area (TPSA) is 44.8 Å². The van der Waals surface area contributed by atoms with Crippen LogP contribution in [0.15, 0.2) is 24.3 Å². The van der Waals surface area contributed by atoms with Gasteiger partial charge >= 0.3 is 6.03 Å². The highest BCUT2D eigenvalue weighted by molar-refractivity contribution is 5.74. The highest BCUT2D eigenvalue weighted by Crippen LogP contribution is 2.15. The summed E-state index contributed by atoms with van der Waals surface area (Å²) in [6.45, 7) is 10.1. The Balaban J connectivity index is 1.59. The van der Waals surface area contributed by atoms with Crippen molar-refractivity contribution in [2.75, 3.05) is 45.9 Å². The van der Waals surface area contributed by atoms with E-state index in [0.29, 0.717) is 13.2 Å². The van der Waals surface area contributed by atoms with Crippen LogP contribution in [0.4, 0.5) is 4.79 Å². The van der Waals surface area contributed by atoms with E-state index in [4.69, 9.17) is 4.74 Å². The summed E-state index contributed by atoms with van der Waals surface area (Å²) >= 11 is 0. The smallest absolute Gasteiger partial charge is 0.317 e. The monoisotopic (exact) mass is 305 g/mol. The molecule has 1 heterocycles. The van der Waals surface area contributed by atoms with Gasteiger partial charge in [0.1, 0.15) is 5.75 Å². The first-order valence-electron chi connectivity index (χ1n) is 8.14. The Morgan fingerprint density at radius 2 is 1.95 bits per heavy atom. The largest absolute Gasteiger partial charge is 0.493 e. The minimum atomic E-state index is 0.0478. The number of piperazine rings is 1. The molecule has 0 radical (unpaired) electrons. The van der Waals surface area contributed by atoms with Crippen molar-refractivity contribution in [2.24, 2.45) is 0 Å². The predicted octanol–water partition coefficient (Wildman–Crippen LogP) is 2.11. The van der Waals surface area contributed by atoms with E-state index in [1.807, 2.05) is 36.1 Å². The van der Waals surface area contributed by atoms with Crippen LogP contribution in [0.25, 0.3) is 0 Å². The van der Waals surface area contributed by atoms with E-state index in [1.165, 1.54) is 0 Å². The maximum Gasteiger partial charge on any atom is 0.317 e. The number of hydrogen-bond acceptors (Lipinski definition) is 3. The molecule has 1 fully saturated rings. The molecule has 1 aromatic carbocycles. The van der Waals surface area contributed by atoms with Gasteiger partial charge in [0.15, 0.2) is 0 Å². The summed E-state index contributed by atoms with van der Waals surface area (Å²) in [5, 5.41) is 2.97. The Bertz CT molecular complexity index is 471. The van der Waals surface area contributed by atoms with Crippen molar-refractivity contribution in [1.82, 2.24) is 15.1 Å². The molecule has 0 aliphatic carbocycles. The van der Waals surface area contributed by atoms with Crippen LogP contribution >= 0.6 is 0 Å². The van der Waals surface area contributed by atoms with Crippen LogP contribution in [0.5, 0.6) is 5.75 Å². The average Bonchev–Trinajstić information content (AvgIpc) is 2.56. The van der Waals surface area contributed by atoms with Gasteiger partial charge in [0.05, 0.1) is 6.61 Å². The first-order valence-corrected chi connectivity index (χ1v) is 8.14. The van der Waals surface area contributed by atoms with E-state index in [-0.39, 0.29) is 6.03 Å². The third-order valence-corrected chi connectivity index (χ3v) is 4.06. The average molecular weight is 305 g/mol. The van der Waals surface area contributed by atoms with Gasteiger partial charge < -0.3 is 19.9 Å². The number of urea groups is 1. The number of amides is 2. The number of ether oxygens (including phenoxy) is 1. The maximum atomic E-state index is 12.0. The number of para-hydroxylation sites is 1. The Kier molecular flexibility index (Phi) is 6.52. The molecule has 0 bridgehead atoms. The molecule has 1 aliphatic heterocycles. The van der Waals surface area contributed by atoms with Crippen molar-refractivity contribution >= 4 is 6.03 Å². The third-order valence-electron chi connectivity index (χ3n) is 4.06. The molecule has 0 aromatic heterocycles. The number of nitrogens with zero attached hydrogens (tertiary/aromatic N) is 2. The first kappa shape index (κ1) is 16.6. The number of carbonyl (C=O) groups is 1. The second kappa shape index (κ2) is 8.63. The number of carbonyl (C=O) groups excluding carboxylic acids is 1. The van der Waals surface area contributed by atoms with Crippen LogP contribution in [0.1, 0.15) is 18.9 Å². The summed E-state index contributed by atoms with van der Waals surface area (Å²) < 4.78 is 5.72. The van der Waals surface area contributed by atoms with Crippen LogP contribution in [0, 0.1) is 6.92 Å². The standard InChI is InChI=1S/C17H27N3O2/c1-3-19-10-12-20(13-11-19)17(21)18-9-6-14-22-16-8-5-4-7-15(16)2/h4-5,7-8H,3,6,9-14H2,1-2H3,(H,18,21). The van der Waals surface area contributed by atoms with E-state index < -0.39 is 0 Å². The molecule has 0 unspecified atom stereocenters. The van der Waals surface area contributed by atoms with E-state index in [1.54, 1.807) is 0 Å². The normalized spacial score (nSPS) is 15.6. The minimum Gasteiger partial charge on any atom is -0.493 e. The summed E-state index contributed by atoms with van der Waals surface area (Å²) in [6, 6.07) is 8.03. The quantitative estimate of drug-likeness (QED) is 0.819. The second-order valence-corrected chi connectivity index (χ2v) is 5.62.